The molecule has 1 aromatic rings. The van der Waals surface area contributed by atoms with Crippen LogP contribution in [0.3, 0.4) is 0 Å². The van der Waals surface area contributed by atoms with Crippen molar-refractivity contribution < 1.29 is 19.4 Å². The molecule has 1 rings (SSSR count). The average molecular weight is 312 g/mol. The van der Waals surface area contributed by atoms with Gasteiger partial charge in [0.1, 0.15) is 5.60 Å². The van der Waals surface area contributed by atoms with Crippen molar-refractivity contribution in [3.05, 3.63) is 35.4 Å². The number of carboxylic acid groups (broad SMARTS) is 1. The van der Waals surface area contributed by atoms with Gasteiger partial charge < -0.3 is 21.0 Å². The van der Waals surface area contributed by atoms with E-state index in [1.165, 1.54) is 13.1 Å². The first kappa shape index (κ1) is 24.8. The summed E-state index contributed by atoms with van der Waals surface area (Å²) >= 11 is 0. The lowest BCUT2D eigenvalue weighted by molar-refractivity contribution is -0.138. The zero-order chi connectivity index (χ0) is 18.2. The maximum absolute atomic E-state index is 10.5. The Balaban J connectivity index is -0.000000285. The fourth-order valence-electron chi connectivity index (χ4n) is 0.962. The standard InChI is InChI=1S/C8H7NO2.C5H10O2.C2H6.CH5N/c9-5-6-3-1-2-4-7(6)8(10)11;1-5(2,3)7-4-6;2*1-2/h1-5,9H,(H,10,11);4H,1-3H3;1-2H3;2H2,1H3. The molecule has 0 aliphatic carbocycles. The number of hydrogen-bond acceptors (Lipinski definition) is 5. The van der Waals surface area contributed by atoms with Crippen LogP contribution in [0.1, 0.15) is 50.5 Å². The Labute approximate surface area is 132 Å². The Bertz CT molecular complexity index is 426. The molecular weight excluding hydrogens is 284 g/mol. The van der Waals surface area contributed by atoms with E-state index in [0.717, 1.165) is 6.21 Å². The van der Waals surface area contributed by atoms with Crippen molar-refractivity contribution in [3.8, 4) is 0 Å². The second-order valence-electron chi connectivity index (χ2n) is 4.36. The minimum Gasteiger partial charge on any atom is -0.478 e. The van der Waals surface area contributed by atoms with Crippen LogP contribution in [0.4, 0.5) is 0 Å². The second kappa shape index (κ2) is 15.2. The van der Waals surface area contributed by atoms with Gasteiger partial charge in [-0.2, -0.15) is 0 Å². The number of rotatable bonds is 3. The molecule has 6 nitrogen and oxygen atoms in total. The molecule has 0 saturated carbocycles. The fourth-order valence-corrected chi connectivity index (χ4v) is 0.962. The van der Waals surface area contributed by atoms with Gasteiger partial charge in [0, 0.05) is 11.8 Å². The molecule has 0 aliphatic rings. The number of carbonyl (C=O) groups excluding carboxylic acids is 1. The smallest absolute Gasteiger partial charge is 0.336 e. The molecule has 1 aromatic carbocycles. The molecule has 0 atom stereocenters. The highest BCUT2D eigenvalue weighted by molar-refractivity contribution is 5.97. The Hall–Kier alpha value is -2.21. The zero-order valence-corrected chi connectivity index (χ0v) is 14.2. The number of aromatic carboxylic acids is 1. The Morgan fingerprint density at radius 1 is 1.23 bits per heavy atom. The molecule has 0 aromatic heterocycles. The lowest BCUT2D eigenvalue weighted by Gasteiger charge is -2.14. The third-order valence-electron chi connectivity index (χ3n) is 1.75. The molecule has 0 amide bonds. The third-order valence-corrected chi connectivity index (χ3v) is 1.75. The van der Waals surface area contributed by atoms with Crippen LogP contribution in [0.15, 0.2) is 24.3 Å². The highest BCUT2D eigenvalue weighted by Crippen LogP contribution is 2.05. The average Bonchev–Trinajstić information content (AvgIpc) is 2.50. The summed E-state index contributed by atoms with van der Waals surface area (Å²) in [5, 5.41) is 15.5. The van der Waals surface area contributed by atoms with Crippen molar-refractivity contribution in [2.45, 2.75) is 40.2 Å². The Morgan fingerprint density at radius 3 is 1.91 bits per heavy atom. The fraction of sp³-hybridized carbons (Fsp3) is 0.438. The van der Waals surface area contributed by atoms with E-state index in [0.29, 0.717) is 12.0 Å². The quantitative estimate of drug-likeness (QED) is 0.586. The largest absolute Gasteiger partial charge is 0.478 e. The normalized spacial score (nSPS) is 8.50. The Kier molecular flexibility index (Phi) is 17.1. The van der Waals surface area contributed by atoms with Gasteiger partial charge in [0.05, 0.1) is 5.56 Å². The number of carbonyl (C=O) groups is 2. The van der Waals surface area contributed by atoms with E-state index in [2.05, 4.69) is 10.5 Å². The van der Waals surface area contributed by atoms with Gasteiger partial charge in [0.2, 0.25) is 0 Å². The minimum absolute atomic E-state index is 0.169. The zero-order valence-electron chi connectivity index (χ0n) is 14.2. The molecule has 0 radical (unpaired) electrons. The van der Waals surface area contributed by atoms with Gasteiger partial charge in [-0.25, -0.2) is 4.79 Å². The van der Waals surface area contributed by atoms with E-state index in [1.807, 2.05) is 34.6 Å². The number of nitrogens with two attached hydrogens (primary N) is 1. The van der Waals surface area contributed by atoms with Gasteiger partial charge in [-0.1, -0.05) is 32.0 Å². The molecule has 4 N–H and O–H groups in total. The summed E-state index contributed by atoms with van der Waals surface area (Å²) in [6.45, 7) is 9.92. The van der Waals surface area contributed by atoms with E-state index < -0.39 is 5.97 Å². The molecule has 0 bridgehead atoms. The van der Waals surface area contributed by atoms with E-state index in [4.69, 9.17) is 10.5 Å². The first-order chi connectivity index (χ1) is 10.3. The molecular formula is C16H28N2O4. The first-order valence-electron chi connectivity index (χ1n) is 6.84. The summed E-state index contributed by atoms with van der Waals surface area (Å²) < 4.78 is 4.55. The highest BCUT2D eigenvalue weighted by Gasteiger charge is 2.07. The Morgan fingerprint density at radius 2 is 1.68 bits per heavy atom. The number of nitrogens with one attached hydrogen (secondary N) is 1. The van der Waals surface area contributed by atoms with Crippen LogP contribution < -0.4 is 5.73 Å². The lowest BCUT2D eigenvalue weighted by Crippen LogP contribution is -2.17. The topological polar surface area (TPSA) is 113 Å². The molecule has 0 fully saturated rings. The minimum atomic E-state index is -0.996. The summed E-state index contributed by atoms with van der Waals surface area (Å²) in [6.07, 6.45) is 1.03. The molecule has 0 spiro atoms. The van der Waals surface area contributed by atoms with Gasteiger partial charge in [-0.15, -0.1) is 0 Å². The van der Waals surface area contributed by atoms with Crippen LogP contribution in [-0.4, -0.2) is 36.4 Å². The number of ether oxygens (including phenoxy) is 1. The van der Waals surface area contributed by atoms with Crippen LogP contribution in [0.25, 0.3) is 0 Å². The molecule has 22 heavy (non-hydrogen) atoms. The van der Waals surface area contributed by atoms with E-state index in [9.17, 15) is 9.59 Å². The van der Waals surface area contributed by atoms with E-state index in [1.54, 1.807) is 18.2 Å². The van der Waals surface area contributed by atoms with Crippen molar-refractivity contribution in [2.24, 2.45) is 5.73 Å². The highest BCUT2D eigenvalue weighted by atomic mass is 16.5. The molecule has 126 valence electrons. The third kappa shape index (κ3) is 14.2. The summed E-state index contributed by atoms with van der Waals surface area (Å²) in [4.78, 5) is 20.1. The lowest BCUT2D eigenvalue weighted by atomic mass is 10.1. The predicted octanol–water partition coefficient (Wildman–Crippen LogP) is 2.94. The van der Waals surface area contributed by atoms with Gasteiger partial charge >= 0.3 is 5.97 Å². The van der Waals surface area contributed by atoms with Crippen LogP contribution >= 0.6 is 0 Å². The molecule has 0 unspecified atom stereocenters. The SMILES string of the molecule is CC.CC(C)(C)OC=O.CN.N=Cc1ccccc1C(=O)O. The van der Waals surface area contributed by atoms with E-state index in [-0.39, 0.29) is 11.2 Å². The van der Waals surface area contributed by atoms with Gasteiger partial charge in [0.25, 0.3) is 6.47 Å². The van der Waals surface area contributed by atoms with Gasteiger partial charge in [-0.3, -0.25) is 4.79 Å². The van der Waals surface area contributed by atoms with Crippen molar-refractivity contribution in [1.82, 2.24) is 0 Å². The number of hydrogen-bond donors (Lipinski definition) is 3. The summed E-state index contributed by atoms with van der Waals surface area (Å²) in [5.41, 5.74) is 4.78. The maximum Gasteiger partial charge on any atom is 0.336 e. The summed E-state index contributed by atoms with van der Waals surface area (Å²) in [6, 6.07) is 6.41. The van der Waals surface area contributed by atoms with Crippen molar-refractivity contribution in [1.29, 1.82) is 5.41 Å². The molecule has 0 aliphatic heterocycles. The van der Waals surface area contributed by atoms with Crippen LogP contribution in [0, 0.1) is 5.41 Å². The molecule has 0 saturated heterocycles. The van der Waals surface area contributed by atoms with E-state index >= 15 is 0 Å². The number of carboxylic acids is 1. The molecule has 6 heteroatoms. The monoisotopic (exact) mass is 312 g/mol. The van der Waals surface area contributed by atoms with Crippen LogP contribution in [-0.2, 0) is 9.53 Å². The van der Waals surface area contributed by atoms with Gasteiger partial charge in [0.15, 0.2) is 0 Å². The van der Waals surface area contributed by atoms with Crippen molar-refractivity contribution in [2.75, 3.05) is 7.05 Å². The van der Waals surface area contributed by atoms with Crippen LogP contribution in [0.5, 0.6) is 0 Å². The second-order valence-corrected chi connectivity index (χ2v) is 4.36. The summed E-state index contributed by atoms with van der Waals surface area (Å²) in [7, 11) is 1.50. The van der Waals surface area contributed by atoms with Gasteiger partial charge in [-0.05, 0) is 33.9 Å². The molecule has 0 heterocycles. The van der Waals surface area contributed by atoms with Crippen molar-refractivity contribution >= 4 is 18.7 Å². The predicted molar refractivity (Wildman–Crippen MR) is 89.6 cm³/mol. The number of benzene rings is 1. The van der Waals surface area contributed by atoms with Crippen molar-refractivity contribution in [3.63, 3.8) is 0 Å². The summed E-state index contributed by atoms with van der Waals surface area (Å²) in [5.74, 6) is -0.996. The van der Waals surface area contributed by atoms with Crippen LogP contribution in [0.2, 0.25) is 0 Å². The maximum atomic E-state index is 10.5. The first-order valence-corrected chi connectivity index (χ1v) is 6.84.